The average molecular weight is 345 g/mol. The molecule has 1 aromatic rings. The first-order chi connectivity index (χ1) is 9.64. The zero-order valence-electron chi connectivity index (χ0n) is 10.8. The van der Waals surface area contributed by atoms with Crippen LogP contribution in [0.1, 0.15) is 37.2 Å². The topological polar surface area (TPSA) is 34.1 Å². The van der Waals surface area contributed by atoms with Crippen LogP contribution in [0.15, 0.2) is 18.2 Å². The molecule has 0 atom stereocenters. The Kier molecular flexibility index (Phi) is 4.54. The Bertz CT molecular complexity index is 620. The number of rotatable bonds is 2. The first kappa shape index (κ1) is 16.5. The molecule has 1 aromatic carbocycles. The van der Waals surface area contributed by atoms with E-state index in [1.807, 2.05) is 0 Å². The van der Waals surface area contributed by atoms with E-state index in [1.54, 1.807) is 6.07 Å². The summed E-state index contributed by atoms with van der Waals surface area (Å²) in [6.07, 6.45) is 0.283. The van der Waals surface area contributed by atoms with Gasteiger partial charge in [-0.2, -0.15) is 13.2 Å². The summed E-state index contributed by atoms with van der Waals surface area (Å²) in [5.41, 5.74) is -4.69. The molecule has 0 amide bonds. The van der Waals surface area contributed by atoms with Gasteiger partial charge in [-0.1, -0.05) is 23.7 Å². The zero-order valence-corrected chi connectivity index (χ0v) is 12.4. The first-order valence-corrected chi connectivity index (χ1v) is 8.31. The number of alkyl halides is 3. The smallest absolute Gasteiger partial charge is 0.219 e. The van der Waals surface area contributed by atoms with Crippen molar-refractivity contribution in [1.82, 2.24) is 0 Å². The second kappa shape index (κ2) is 5.76. The Labute approximate surface area is 125 Å². The van der Waals surface area contributed by atoms with Gasteiger partial charge in [0.25, 0.3) is 9.84 Å². The molecule has 0 bridgehead atoms. The lowest BCUT2D eigenvalue weighted by Gasteiger charge is -2.29. The number of sulfone groups is 1. The molecule has 0 spiro atoms. The lowest BCUT2D eigenvalue weighted by atomic mass is 9.84. The minimum atomic E-state index is -5.22. The molecule has 0 aliphatic heterocycles. The van der Waals surface area contributed by atoms with Crippen LogP contribution in [0, 0.1) is 5.82 Å². The molecular weight excluding hydrogens is 332 g/mol. The van der Waals surface area contributed by atoms with Gasteiger partial charge >= 0.3 is 5.51 Å². The summed E-state index contributed by atoms with van der Waals surface area (Å²) >= 11 is 5.85. The highest BCUT2D eigenvalue weighted by Crippen LogP contribution is 2.41. The van der Waals surface area contributed by atoms with Crippen LogP contribution in [0.3, 0.4) is 0 Å². The molecule has 2 rings (SSSR count). The second-order valence-electron chi connectivity index (χ2n) is 5.11. The van der Waals surface area contributed by atoms with Crippen molar-refractivity contribution >= 4 is 21.4 Å². The minimum Gasteiger partial charge on any atom is -0.219 e. The van der Waals surface area contributed by atoms with E-state index in [0.29, 0.717) is 5.56 Å². The molecule has 0 saturated heterocycles. The number of halogens is 5. The van der Waals surface area contributed by atoms with Crippen LogP contribution in [-0.2, 0) is 9.84 Å². The fourth-order valence-corrected chi connectivity index (χ4v) is 4.26. The fraction of sp³-hybridized carbons (Fsp3) is 0.538. The van der Waals surface area contributed by atoms with Gasteiger partial charge in [0, 0.05) is 0 Å². The summed E-state index contributed by atoms with van der Waals surface area (Å²) < 4.78 is 73.6. The van der Waals surface area contributed by atoms with Crippen LogP contribution in [0.4, 0.5) is 17.6 Å². The van der Waals surface area contributed by atoms with E-state index in [2.05, 4.69) is 0 Å². The highest BCUT2D eigenvalue weighted by atomic mass is 35.5. The van der Waals surface area contributed by atoms with Crippen molar-refractivity contribution in [2.75, 3.05) is 0 Å². The molecule has 118 valence electrons. The highest BCUT2D eigenvalue weighted by Gasteiger charge is 2.51. The molecule has 0 radical (unpaired) electrons. The van der Waals surface area contributed by atoms with Gasteiger partial charge in [0.05, 0.1) is 10.3 Å². The van der Waals surface area contributed by atoms with Crippen molar-refractivity contribution in [2.24, 2.45) is 0 Å². The summed E-state index contributed by atoms with van der Waals surface area (Å²) in [4.78, 5) is 0. The van der Waals surface area contributed by atoms with Crippen LogP contribution < -0.4 is 0 Å². The molecule has 1 aliphatic carbocycles. The normalized spacial score (nSPS) is 24.0. The lowest BCUT2D eigenvalue weighted by molar-refractivity contribution is -0.0448. The maximum absolute atomic E-state index is 13.4. The summed E-state index contributed by atoms with van der Waals surface area (Å²) in [5, 5.41) is -1.46. The molecule has 0 aromatic heterocycles. The predicted octanol–water partition coefficient (Wildman–Crippen LogP) is 4.44. The third-order valence-corrected chi connectivity index (χ3v) is 6.25. The molecule has 1 saturated carbocycles. The molecule has 1 aliphatic rings. The molecule has 8 heteroatoms. The minimum absolute atomic E-state index is 0.0420. The molecule has 1 fully saturated rings. The van der Waals surface area contributed by atoms with Crippen LogP contribution in [-0.4, -0.2) is 19.2 Å². The van der Waals surface area contributed by atoms with Gasteiger partial charge in [-0.05, 0) is 43.2 Å². The van der Waals surface area contributed by atoms with Gasteiger partial charge < -0.3 is 0 Å². The Hall–Kier alpha value is -0.820. The van der Waals surface area contributed by atoms with Crippen molar-refractivity contribution in [3.05, 3.63) is 34.6 Å². The highest BCUT2D eigenvalue weighted by molar-refractivity contribution is 7.92. The molecule has 0 heterocycles. The molecule has 0 N–H and O–H groups in total. The standard InChI is InChI=1S/C13H13ClF4O2S/c14-12-10(2-1-3-11(12)15)8-4-6-9(7-5-8)21(19,20)13(16,17)18/h1-3,8-9H,4-7H2. The summed E-state index contributed by atoms with van der Waals surface area (Å²) in [5.74, 6) is -0.799. The van der Waals surface area contributed by atoms with Crippen molar-refractivity contribution in [3.8, 4) is 0 Å². The summed E-state index contributed by atoms with van der Waals surface area (Å²) in [7, 11) is -5.13. The van der Waals surface area contributed by atoms with Crippen LogP contribution in [0.2, 0.25) is 5.02 Å². The second-order valence-corrected chi connectivity index (χ2v) is 7.70. The Morgan fingerprint density at radius 2 is 1.67 bits per heavy atom. The Balaban J connectivity index is 2.13. The van der Waals surface area contributed by atoms with Crippen LogP contribution >= 0.6 is 11.6 Å². The molecule has 0 unspecified atom stereocenters. The molecular formula is C13H13ClF4O2S. The van der Waals surface area contributed by atoms with E-state index >= 15 is 0 Å². The SMILES string of the molecule is O=S(=O)(C1CCC(c2cccc(F)c2Cl)CC1)C(F)(F)F. The van der Waals surface area contributed by atoms with Crippen molar-refractivity contribution in [2.45, 2.75) is 42.4 Å². The molecule has 21 heavy (non-hydrogen) atoms. The van der Waals surface area contributed by atoms with E-state index in [0.717, 1.165) is 0 Å². The first-order valence-electron chi connectivity index (χ1n) is 6.38. The Morgan fingerprint density at radius 3 is 2.19 bits per heavy atom. The largest absolute Gasteiger partial charge is 0.497 e. The summed E-state index contributed by atoms with van der Waals surface area (Å²) in [6, 6.07) is 4.30. The van der Waals surface area contributed by atoms with Crippen molar-refractivity contribution < 1.29 is 26.0 Å². The van der Waals surface area contributed by atoms with Gasteiger partial charge in [-0.15, -0.1) is 0 Å². The Morgan fingerprint density at radius 1 is 1.10 bits per heavy atom. The van der Waals surface area contributed by atoms with E-state index in [-0.39, 0.29) is 36.6 Å². The molecule has 2 nitrogen and oxygen atoms in total. The monoisotopic (exact) mass is 344 g/mol. The van der Waals surface area contributed by atoms with Crippen LogP contribution in [0.5, 0.6) is 0 Å². The van der Waals surface area contributed by atoms with E-state index in [1.165, 1.54) is 12.1 Å². The predicted molar refractivity (Wildman–Crippen MR) is 71.4 cm³/mol. The van der Waals surface area contributed by atoms with Gasteiger partial charge in [0.1, 0.15) is 5.82 Å². The van der Waals surface area contributed by atoms with E-state index in [4.69, 9.17) is 11.6 Å². The average Bonchev–Trinajstić information content (AvgIpc) is 2.41. The number of hydrogen-bond donors (Lipinski definition) is 0. The van der Waals surface area contributed by atoms with Gasteiger partial charge in [-0.25, -0.2) is 12.8 Å². The third-order valence-electron chi connectivity index (χ3n) is 3.86. The van der Waals surface area contributed by atoms with Crippen LogP contribution in [0.25, 0.3) is 0 Å². The number of benzene rings is 1. The maximum atomic E-state index is 13.4. The number of hydrogen-bond acceptors (Lipinski definition) is 2. The van der Waals surface area contributed by atoms with Gasteiger partial charge in [-0.3, -0.25) is 0 Å². The fourth-order valence-electron chi connectivity index (χ4n) is 2.71. The maximum Gasteiger partial charge on any atom is 0.497 e. The third kappa shape index (κ3) is 3.18. The quantitative estimate of drug-likeness (QED) is 0.743. The summed E-state index contributed by atoms with van der Waals surface area (Å²) in [6.45, 7) is 0. The van der Waals surface area contributed by atoms with Gasteiger partial charge in [0.15, 0.2) is 0 Å². The van der Waals surface area contributed by atoms with Crippen molar-refractivity contribution in [1.29, 1.82) is 0 Å². The van der Waals surface area contributed by atoms with E-state index < -0.39 is 26.4 Å². The zero-order chi connectivity index (χ0) is 15.8. The van der Waals surface area contributed by atoms with E-state index in [9.17, 15) is 26.0 Å². The van der Waals surface area contributed by atoms with Crippen molar-refractivity contribution in [3.63, 3.8) is 0 Å². The van der Waals surface area contributed by atoms with Gasteiger partial charge in [0.2, 0.25) is 0 Å². The lowest BCUT2D eigenvalue weighted by Crippen LogP contribution is -2.36.